The van der Waals surface area contributed by atoms with E-state index in [9.17, 15) is 4.79 Å². The fourth-order valence-corrected chi connectivity index (χ4v) is 3.13. The highest BCUT2D eigenvalue weighted by Gasteiger charge is 2.28. The molecular formula is C17H27N3O5. The Hall–Kier alpha value is -1.48. The van der Waals surface area contributed by atoms with Crippen LogP contribution >= 0.6 is 0 Å². The van der Waals surface area contributed by atoms with Gasteiger partial charge in [0.25, 0.3) is 0 Å². The molecule has 3 heterocycles. The number of carbonyl (C=O) groups excluding carboxylic acids is 1. The summed E-state index contributed by atoms with van der Waals surface area (Å²) >= 11 is 0. The summed E-state index contributed by atoms with van der Waals surface area (Å²) in [5, 5.41) is 8.84. The minimum Gasteiger partial charge on any atom is -0.379 e. The van der Waals surface area contributed by atoms with Crippen molar-refractivity contribution in [3.05, 3.63) is 17.0 Å². The molecule has 25 heavy (non-hydrogen) atoms. The zero-order valence-corrected chi connectivity index (χ0v) is 15.0. The fourth-order valence-electron chi connectivity index (χ4n) is 3.13. The van der Waals surface area contributed by atoms with Gasteiger partial charge < -0.3 is 19.3 Å². The Bertz CT molecular complexity index is 551. The van der Waals surface area contributed by atoms with Crippen molar-refractivity contribution in [1.29, 1.82) is 0 Å². The highest BCUT2D eigenvalue weighted by Crippen LogP contribution is 2.18. The highest BCUT2D eigenvalue weighted by atomic mass is 16.7. The van der Waals surface area contributed by atoms with E-state index in [1.807, 2.05) is 18.9 Å². The van der Waals surface area contributed by atoms with Gasteiger partial charge in [0.15, 0.2) is 0 Å². The minimum absolute atomic E-state index is 0.00283. The molecule has 2 fully saturated rings. The summed E-state index contributed by atoms with van der Waals surface area (Å²) < 4.78 is 16.7. The second-order valence-electron chi connectivity index (χ2n) is 6.56. The van der Waals surface area contributed by atoms with E-state index in [1.54, 1.807) is 0 Å². The predicted molar refractivity (Wildman–Crippen MR) is 88.7 cm³/mol. The Kier molecular flexibility index (Phi) is 6.41. The first-order chi connectivity index (χ1) is 12.1. The van der Waals surface area contributed by atoms with E-state index in [4.69, 9.17) is 18.8 Å². The quantitative estimate of drug-likeness (QED) is 0.786. The number of hydrogen-bond acceptors (Lipinski definition) is 7. The van der Waals surface area contributed by atoms with Gasteiger partial charge in [-0.15, -0.1) is 0 Å². The van der Waals surface area contributed by atoms with Gasteiger partial charge in [-0.1, -0.05) is 5.16 Å². The van der Waals surface area contributed by atoms with Gasteiger partial charge in [0, 0.05) is 31.7 Å². The molecule has 2 aliphatic heterocycles. The van der Waals surface area contributed by atoms with E-state index >= 15 is 0 Å². The molecule has 8 heteroatoms. The topological polar surface area (TPSA) is 86.1 Å². The second kappa shape index (κ2) is 8.75. The molecule has 2 aliphatic rings. The van der Waals surface area contributed by atoms with Gasteiger partial charge in [-0.25, -0.2) is 0 Å². The maximum Gasteiger partial charge on any atom is 0.221 e. The molecule has 1 aromatic heterocycles. The van der Waals surface area contributed by atoms with Crippen LogP contribution in [0.25, 0.3) is 0 Å². The van der Waals surface area contributed by atoms with E-state index in [0.29, 0.717) is 32.8 Å². The van der Waals surface area contributed by atoms with E-state index in [2.05, 4.69) is 10.5 Å². The standard InChI is InChI=1S/C17H27N3O5/c1-12-14(13(2)25-19-12)10-23-16-5-9-22-11-15(16)18-17(21)4-7-20-6-3-8-24-20/h15-16H,3-11H2,1-2H3,(H,18,21)/t15-,16+/m0/s1. The van der Waals surface area contributed by atoms with Crippen LogP contribution in [-0.4, -0.2) is 61.2 Å². The Balaban J connectivity index is 1.47. The zero-order valence-electron chi connectivity index (χ0n) is 15.0. The van der Waals surface area contributed by atoms with Crippen molar-refractivity contribution in [1.82, 2.24) is 15.5 Å². The number of amides is 1. The van der Waals surface area contributed by atoms with Crippen LogP contribution in [0, 0.1) is 13.8 Å². The smallest absolute Gasteiger partial charge is 0.221 e. The lowest BCUT2D eigenvalue weighted by Gasteiger charge is -2.32. The summed E-state index contributed by atoms with van der Waals surface area (Å²) in [7, 11) is 0. The maximum absolute atomic E-state index is 12.2. The number of ether oxygens (including phenoxy) is 2. The molecule has 1 N–H and O–H groups in total. The molecule has 0 spiro atoms. The first kappa shape index (κ1) is 18.3. The zero-order chi connectivity index (χ0) is 17.6. The van der Waals surface area contributed by atoms with Crippen molar-refractivity contribution in [2.45, 2.75) is 51.9 Å². The van der Waals surface area contributed by atoms with E-state index in [1.165, 1.54) is 0 Å². The third kappa shape index (κ3) is 5.01. The third-order valence-electron chi connectivity index (χ3n) is 4.68. The van der Waals surface area contributed by atoms with Gasteiger partial charge in [-0.2, -0.15) is 5.06 Å². The molecule has 3 rings (SSSR count). The number of rotatable bonds is 7. The highest BCUT2D eigenvalue weighted by molar-refractivity contribution is 5.76. The summed E-state index contributed by atoms with van der Waals surface area (Å²) in [5.74, 6) is 0.771. The lowest BCUT2D eigenvalue weighted by Crippen LogP contribution is -2.50. The predicted octanol–water partition coefficient (Wildman–Crippen LogP) is 1.11. The summed E-state index contributed by atoms with van der Waals surface area (Å²) in [5.41, 5.74) is 1.82. The van der Waals surface area contributed by atoms with Crippen LogP contribution in [0.1, 0.15) is 36.3 Å². The Morgan fingerprint density at radius 3 is 3.00 bits per heavy atom. The van der Waals surface area contributed by atoms with Crippen LogP contribution in [0.3, 0.4) is 0 Å². The van der Waals surface area contributed by atoms with E-state index < -0.39 is 0 Å². The van der Waals surface area contributed by atoms with Gasteiger partial charge in [0.1, 0.15) is 5.76 Å². The van der Waals surface area contributed by atoms with E-state index in [-0.39, 0.29) is 18.1 Å². The summed E-state index contributed by atoms with van der Waals surface area (Å²) in [6.07, 6.45) is 2.11. The molecule has 0 bridgehead atoms. The van der Waals surface area contributed by atoms with Crippen molar-refractivity contribution >= 4 is 5.91 Å². The number of hydroxylamine groups is 2. The van der Waals surface area contributed by atoms with E-state index in [0.717, 1.165) is 43.0 Å². The average Bonchev–Trinajstić information content (AvgIpc) is 3.23. The molecule has 1 amide bonds. The van der Waals surface area contributed by atoms with Gasteiger partial charge in [-0.3, -0.25) is 9.63 Å². The Labute approximate surface area is 147 Å². The lowest BCUT2D eigenvalue weighted by atomic mass is 10.1. The molecule has 8 nitrogen and oxygen atoms in total. The SMILES string of the molecule is Cc1noc(C)c1CO[C@@H]1CCOC[C@@H]1NC(=O)CCN1CCCO1. The van der Waals surface area contributed by atoms with Crippen molar-refractivity contribution in [3.8, 4) is 0 Å². The first-order valence-electron chi connectivity index (χ1n) is 8.92. The minimum atomic E-state index is -0.138. The molecule has 0 aromatic carbocycles. The van der Waals surface area contributed by atoms with Gasteiger partial charge in [0.05, 0.1) is 37.7 Å². The van der Waals surface area contributed by atoms with Crippen LogP contribution in [0.4, 0.5) is 0 Å². The van der Waals surface area contributed by atoms with Crippen LogP contribution in [0.15, 0.2) is 4.52 Å². The van der Waals surface area contributed by atoms with Crippen molar-refractivity contribution in [2.75, 3.05) is 32.9 Å². The summed E-state index contributed by atoms with van der Waals surface area (Å²) in [6, 6.07) is -0.138. The number of nitrogens with zero attached hydrogens (tertiary/aromatic N) is 2. The number of hydrogen-bond donors (Lipinski definition) is 1. The molecule has 0 unspecified atom stereocenters. The first-order valence-corrected chi connectivity index (χ1v) is 8.92. The third-order valence-corrected chi connectivity index (χ3v) is 4.68. The van der Waals surface area contributed by atoms with Crippen LogP contribution < -0.4 is 5.32 Å². The molecule has 0 radical (unpaired) electrons. The average molecular weight is 353 g/mol. The molecular weight excluding hydrogens is 326 g/mol. The van der Waals surface area contributed by atoms with Gasteiger partial charge in [-0.05, 0) is 26.7 Å². The molecule has 0 saturated carbocycles. The number of carbonyl (C=O) groups is 1. The molecule has 2 atom stereocenters. The largest absolute Gasteiger partial charge is 0.379 e. The van der Waals surface area contributed by atoms with Crippen molar-refractivity contribution in [2.24, 2.45) is 0 Å². The maximum atomic E-state index is 12.2. The summed E-state index contributed by atoms with van der Waals surface area (Å²) in [6.45, 7) is 7.57. The van der Waals surface area contributed by atoms with Gasteiger partial charge >= 0.3 is 0 Å². The molecule has 0 aliphatic carbocycles. The molecule has 2 saturated heterocycles. The fraction of sp³-hybridized carbons (Fsp3) is 0.765. The lowest BCUT2D eigenvalue weighted by molar-refractivity contribution is -0.134. The number of nitrogens with one attached hydrogen (secondary N) is 1. The second-order valence-corrected chi connectivity index (χ2v) is 6.56. The normalized spacial score (nSPS) is 24.6. The van der Waals surface area contributed by atoms with Gasteiger partial charge in [0.2, 0.25) is 5.91 Å². The van der Waals surface area contributed by atoms with Crippen LogP contribution in [0.5, 0.6) is 0 Å². The summed E-state index contributed by atoms with van der Waals surface area (Å²) in [4.78, 5) is 17.6. The molecule has 1 aromatic rings. The van der Waals surface area contributed by atoms with Crippen LogP contribution in [-0.2, 0) is 25.7 Å². The Morgan fingerprint density at radius 2 is 2.28 bits per heavy atom. The number of aromatic nitrogens is 1. The van der Waals surface area contributed by atoms with Crippen molar-refractivity contribution in [3.63, 3.8) is 0 Å². The molecule has 140 valence electrons. The Morgan fingerprint density at radius 1 is 1.40 bits per heavy atom. The van der Waals surface area contributed by atoms with Crippen LogP contribution in [0.2, 0.25) is 0 Å². The van der Waals surface area contributed by atoms with Crippen molar-refractivity contribution < 1.29 is 23.6 Å². The number of aryl methyl sites for hydroxylation is 2. The monoisotopic (exact) mass is 353 g/mol.